The molecular formula is C29H34N2O2. The van der Waals surface area contributed by atoms with Gasteiger partial charge in [-0.25, -0.2) is 0 Å². The Kier molecular flexibility index (Phi) is 7.29. The van der Waals surface area contributed by atoms with Gasteiger partial charge in [-0.3, -0.25) is 0 Å². The van der Waals surface area contributed by atoms with Crippen molar-refractivity contribution >= 4 is 10.9 Å². The van der Waals surface area contributed by atoms with E-state index >= 15 is 0 Å². The second kappa shape index (κ2) is 10.3. The number of nitrogens with zero attached hydrogens (tertiary/aromatic N) is 1. The van der Waals surface area contributed by atoms with Crippen LogP contribution in [-0.4, -0.2) is 40.1 Å². The lowest BCUT2D eigenvalue weighted by Gasteiger charge is -2.20. The molecule has 2 atom stereocenters. The molecular weight excluding hydrogens is 408 g/mol. The number of rotatable bonds is 9. The van der Waals surface area contributed by atoms with Crippen LogP contribution >= 0.6 is 0 Å². The average Bonchev–Trinajstić information content (AvgIpc) is 3.14. The third-order valence-corrected chi connectivity index (χ3v) is 6.35. The van der Waals surface area contributed by atoms with Gasteiger partial charge in [-0.2, -0.15) is 0 Å². The fourth-order valence-corrected chi connectivity index (χ4v) is 4.77. The largest absolute Gasteiger partial charge is 0.395 e. The molecule has 0 saturated carbocycles. The van der Waals surface area contributed by atoms with Crippen LogP contribution in [0.2, 0.25) is 0 Å². The van der Waals surface area contributed by atoms with Crippen molar-refractivity contribution in [3.8, 4) is 22.4 Å². The predicted molar refractivity (Wildman–Crippen MR) is 137 cm³/mol. The smallest absolute Gasteiger partial charge is 0.0843 e. The fraction of sp³-hybridized carbons (Fsp3) is 0.310. The summed E-state index contributed by atoms with van der Waals surface area (Å²) in [5.41, 5.74) is 8.21. The van der Waals surface area contributed by atoms with Crippen molar-refractivity contribution in [3.05, 3.63) is 83.9 Å². The van der Waals surface area contributed by atoms with Crippen LogP contribution in [0, 0.1) is 13.8 Å². The van der Waals surface area contributed by atoms with E-state index in [1.807, 2.05) is 19.1 Å². The number of nitrogens with one attached hydrogen (secondary N) is 1. The Hall–Kier alpha value is -2.92. The van der Waals surface area contributed by atoms with Gasteiger partial charge in [-0.05, 0) is 43.0 Å². The monoisotopic (exact) mass is 442 g/mol. The highest BCUT2D eigenvalue weighted by Crippen LogP contribution is 2.42. The molecule has 0 bridgehead atoms. The van der Waals surface area contributed by atoms with E-state index < -0.39 is 6.10 Å². The van der Waals surface area contributed by atoms with Gasteiger partial charge in [0.05, 0.1) is 30.5 Å². The Morgan fingerprint density at radius 1 is 0.909 bits per heavy atom. The topological polar surface area (TPSA) is 57.4 Å². The molecule has 3 aromatic carbocycles. The van der Waals surface area contributed by atoms with E-state index in [2.05, 4.69) is 84.4 Å². The molecule has 4 nitrogen and oxygen atoms in total. The van der Waals surface area contributed by atoms with Gasteiger partial charge in [0.15, 0.2) is 0 Å². The summed E-state index contributed by atoms with van der Waals surface area (Å²) >= 11 is 0. The maximum atomic E-state index is 11.0. The second-order valence-electron chi connectivity index (χ2n) is 8.89. The quantitative estimate of drug-likeness (QED) is 0.329. The van der Waals surface area contributed by atoms with Gasteiger partial charge in [0.25, 0.3) is 0 Å². The van der Waals surface area contributed by atoms with Crippen LogP contribution in [0.1, 0.15) is 24.5 Å². The zero-order valence-corrected chi connectivity index (χ0v) is 19.8. The summed E-state index contributed by atoms with van der Waals surface area (Å²) < 4.78 is 2.29. The lowest BCUT2D eigenvalue weighted by Crippen LogP contribution is -2.39. The molecule has 33 heavy (non-hydrogen) atoms. The van der Waals surface area contributed by atoms with Crippen molar-refractivity contribution in [1.29, 1.82) is 0 Å². The number of aliphatic hydroxyl groups is 2. The third kappa shape index (κ3) is 4.88. The van der Waals surface area contributed by atoms with Gasteiger partial charge in [0.2, 0.25) is 0 Å². The maximum Gasteiger partial charge on any atom is 0.0843 e. The van der Waals surface area contributed by atoms with Crippen LogP contribution in [0.5, 0.6) is 0 Å². The minimum Gasteiger partial charge on any atom is -0.395 e. The first kappa shape index (κ1) is 23.2. The average molecular weight is 443 g/mol. The first-order valence-corrected chi connectivity index (χ1v) is 11.8. The van der Waals surface area contributed by atoms with E-state index in [1.54, 1.807) is 0 Å². The van der Waals surface area contributed by atoms with Gasteiger partial charge >= 0.3 is 0 Å². The number of benzene rings is 3. The fourth-order valence-electron chi connectivity index (χ4n) is 4.77. The highest BCUT2D eigenvalue weighted by Gasteiger charge is 2.23. The normalized spacial score (nSPS) is 13.4. The molecule has 0 aliphatic heterocycles. The first-order chi connectivity index (χ1) is 16.0. The molecule has 0 saturated heterocycles. The highest BCUT2D eigenvalue weighted by molar-refractivity contribution is 6.06. The van der Waals surface area contributed by atoms with E-state index in [-0.39, 0.29) is 12.6 Å². The van der Waals surface area contributed by atoms with E-state index in [0.717, 1.165) is 23.2 Å². The van der Waals surface area contributed by atoms with Crippen molar-refractivity contribution in [2.24, 2.45) is 0 Å². The van der Waals surface area contributed by atoms with E-state index in [0.29, 0.717) is 13.1 Å². The molecule has 0 radical (unpaired) electrons. The predicted octanol–water partition coefficient (Wildman–Crippen LogP) is 5.31. The molecule has 0 amide bonds. The molecule has 3 N–H and O–H groups in total. The molecule has 0 fully saturated rings. The lowest BCUT2D eigenvalue weighted by molar-refractivity contribution is 0.140. The van der Waals surface area contributed by atoms with Crippen LogP contribution in [0.25, 0.3) is 33.3 Å². The molecule has 1 aromatic heterocycles. The summed E-state index contributed by atoms with van der Waals surface area (Å²) in [6.45, 7) is 7.29. The number of hydrogen-bond donors (Lipinski definition) is 3. The van der Waals surface area contributed by atoms with Crippen molar-refractivity contribution in [3.63, 3.8) is 0 Å². The van der Waals surface area contributed by atoms with Crippen molar-refractivity contribution in [2.45, 2.75) is 45.9 Å². The summed E-state index contributed by atoms with van der Waals surface area (Å²) in [6, 6.07) is 25.4. The molecule has 0 unspecified atom stereocenters. The number of aromatic nitrogens is 1. The van der Waals surface area contributed by atoms with Gasteiger partial charge in [-0.15, -0.1) is 0 Å². The second-order valence-corrected chi connectivity index (χ2v) is 8.89. The number of hydrogen-bond acceptors (Lipinski definition) is 3. The van der Waals surface area contributed by atoms with Crippen LogP contribution in [0.3, 0.4) is 0 Å². The molecule has 0 aliphatic rings. The molecule has 0 aliphatic carbocycles. The number of aliphatic hydroxyl groups excluding tert-OH is 2. The van der Waals surface area contributed by atoms with Crippen LogP contribution < -0.4 is 5.32 Å². The Morgan fingerprint density at radius 2 is 1.55 bits per heavy atom. The Labute approximate surface area is 196 Å². The standard InChI is InChI=1S/C29H34N2O2/c1-4-24(19-32)30-17-25(33)18-31-28-21(3)15-20(2)16-26(28)27(22-11-7-5-8-12-22)29(31)23-13-9-6-10-14-23/h5-16,24-25,30,32-33H,4,17-19H2,1-3H3/t24-,25-/m0/s1. The molecule has 4 heteroatoms. The van der Waals surface area contributed by atoms with Crippen molar-refractivity contribution in [1.82, 2.24) is 9.88 Å². The zero-order valence-electron chi connectivity index (χ0n) is 19.8. The zero-order chi connectivity index (χ0) is 23.4. The van der Waals surface area contributed by atoms with E-state index in [4.69, 9.17) is 0 Å². The summed E-state index contributed by atoms with van der Waals surface area (Å²) in [6.07, 6.45) is 0.231. The van der Waals surface area contributed by atoms with Crippen molar-refractivity contribution in [2.75, 3.05) is 13.2 Å². The number of fused-ring (bicyclic) bond motifs is 1. The lowest BCUT2D eigenvalue weighted by atomic mass is 9.97. The van der Waals surface area contributed by atoms with E-state index in [1.165, 1.54) is 27.6 Å². The molecule has 1 heterocycles. The SMILES string of the molecule is CC[C@@H](CO)NC[C@H](O)Cn1c(-c2ccccc2)c(-c2ccccc2)c2cc(C)cc(C)c21. The summed E-state index contributed by atoms with van der Waals surface area (Å²) in [7, 11) is 0. The third-order valence-electron chi connectivity index (χ3n) is 6.35. The van der Waals surface area contributed by atoms with Crippen LogP contribution in [-0.2, 0) is 6.54 Å². The molecule has 172 valence electrons. The summed E-state index contributed by atoms with van der Waals surface area (Å²) in [4.78, 5) is 0. The summed E-state index contributed by atoms with van der Waals surface area (Å²) in [5.74, 6) is 0. The minimum atomic E-state index is -0.590. The minimum absolute atomic E-state index is 0.00100. The van der Waals surface area contributed by atoms with Gasteiger partial charge in [0, 0.05) is 23.5 Å². The maximum absolute atomic E-state index is 11.0. The van der Waals surface area contributed by atoms with Crippen LogP contribution in [0.4, 0.5) is 0 Å². The van der Waals surface area contributed by atoms with E-state index in [9.17, 15) is 10.2 Å². The highest BCUT2D eigenvalue weighted by atomic mass is 16.3. The Morgan fingerprint density at radius 3 is 2.15 bits per heavy atom. The molecule has 4 aromatic rings. The first-order valence-electron chi connectivity index (χ1n) is 11.8. The Balaban J connectivity index is 1.91. The van der Waals surface area contributed by atoms with Gasteiger partial charge in [-0.1, -0.05) is 79.2 Å². The number of aryl methyl sites for hydroxylation is 2. The van der Waals surface area contributed by atoms with Gasteiger partial charge < -0.3 is 20.1 Å². The molecule has 0 spiro atoms. The molecule has 4 rings (SSSR count). The van der Waals surface area contributed by atoms with Gasteiger partial charge in [0.1, 0.15) is 0 Å². The Bertz CT molecular complexity index is 1200. The summed E-state index contributed by atoms with van der Waals surface area (Å²) in [5, 5.41) is 25.0. The van der Waals surface area contributed by atoms with Crippen molar-refractivity contribution < 1.29 is 10.2 Å². The van der Waals surface area contributed by atoms with Crippen LogP contribution in [0.15, 0.2) is 72.8 Å².